The molecule has 120 valence electrons. The zero-order valence-corrected chi connectivity index (χ0v) is 13.7. The van der Waals surface area contributed by atoms with Crippen LogP contribution in [0.15, 0.2) is 12.2 Å². The lowest BCUT2D eigenvalue weighted by Gasteiger charge is -2.23. The highest BCUT2D eigenvalue weighted by atomic mass is 32.3. The zero-order chi connectivity index (χ0) is 16.5. The molecule has 0 aliphatic carbocycles. The molecule has 0 aromatic heterocycles. The third-order valence-corrected chi connectivity index (χ3v) is 2.84. The van der Waals surface area contributed by atoms with Crippen molar-refractivity contribution >= 4 is 16.4 Å². The molecule has 1 N–H and O–H groups in total. The fraction of sp³-hybridized carbons (Fsp3) is 0.750. The molecule has 0 aromatic carbocycles. The Morgan fingerprint density at radius 2 is 1.75 bits per heavy atom. The molecule has 0 saturated heterocycles. The van der Waals surface area contributed by atoms with Gasteiger partial charge in [-0.05, 0) is 41.3 Å². The van der Waals surface area contributed by atoms with Crippen molar-refractivity contribution in [2.45, 2.75) is 39.3 Å². The monoisotopic (exact) mass is 311 g/mol. The number of hydrogen-bond donors (Lipinski definition) is 1. The normalized spacial score (nSPS) is 14.0. The Bertz CT molecular complexity index is 404. The number of rotatable bonds is 6. The molecule has 0 aliphatic heterocycles. The highest BCUT2D eigenvalue weighted by Crippen LogP contribution is 2.07. The number of hydrogen-bond acceptors (Lipinski definition) is 6. The van der Waals surface area contributed by atoms with Crippen LogP contribution in [0, 0.1) is 0 Å². The standard InChI is InChI=1S/C11H21NO2.CH4O4S/c1-8(2)11(13)14-10(4)7-9(3)12(5)6;1-5-6(2,3)4/h9-10H,1,7H2,2-6H3;1H3,(H,2,3,4). The molecule has 0 aromatic rings. The van der Waals surface area contributed by atoms with E-state index in [2.05, 4.69) is 22.6 Å². The van der Waals surface area contributed by atoms with E-state index >= 15 is 0 Å². The lowest BCUT2D eigenvalue weighted by atomic mass is 10.1. The number of carbonyl (C=O) groups is 1. The van der Waals surface area contributed by atoms with Crippen molar-refractivity contribution in [1.29, 1.82) is 0 Å². The second kappa shape index (κ2) is 9.87. The number of carbonyl (C=O) groups excluding carboxylic acids is 1. The summed E-state index contributed by atoms with van der Waals surface area (Å²) in [5.74, 6) is -0.302. The lowest BCUT2D eigenvalue weighted by molar-refractivity contribution is -0.144. The topological polar surface area (TPSA) is 93.1 Å². The van der Waals surface area contributed by atoms with Crippen LogP contribution in [0.2, 0.25) is 0 Å². The number of nitrogens with zero attached hydrogens (tertiary/aromatic N) is 1. The molecule has 7 nitrogen and oxygen atoms in total. The maximum Gasteiger partial charge on any atom is 0.397 e. The van der Waals surface area contributed by atoms with E-state index in [1.807, 2.05) is 21.0 Å². The molecular weight excluding hydrogens is 286 g/mol. The molecule has 0 spiro atoms. The Morgan fingerprint density at radius 3 is 2.00 bits per heavy atom. The molecule has 0 radical (unpaired) electrons. The average molecular weight is 311 g/mol. The van der Waals surface area contributed by atoms with Crippen molar-refractivity contribution in [2.75, 3.05) is 21.2 Å². The second-order valence-corrected chi connectivity index (χ2v) is 5.83. The molecule has 2 unspecified atom stereocenters. The Kier molecular flexibility index (Phi) is 10.5. The fourth-order valence-electron chi connectivity index (χ4n) is 1.02. The maximum atomic E-state index is 11.2. The summed E-state index contributed by atoms with van der Waals surface area (Å²) in [5.41, 5.74) is 0.453. The fourth-order valence-corrected chi connectivity index (χ4v) is 1.02. The summed E-state index contributed by atoms with van der Waals surface area (Å²) >= 11 is 0. The van der Waals surface area contributed by atoms with Gasteiger partial charge >= 0.3 is 16.4 Å². The van der Waals surface area contributed by atoms with E-state index in [1.165, 1.54) is 0 Å². The van der Waals surface area contributed by atoms with Gasteiger partial charge in [0.05, 0.1) is 7.11 Å². The first-order valence-electron chi connectivity index (χ1n) is 5.96. The summed E-state index contributed by atoms with van der Waals surface area (Å²) in [4.78, 5) is 13.3. The second-order valence-electron chi connectivity index (χ2n) is 4.64. The molecule has 20 heavy (non-hydrogen) atoms. The van der Waals surface area contributed by atoms with Gasteiger partial charge in [-0.2, -0.15) is 8.42 Å². The van der Waals surface area contributed by atoms with Crippen molar-refractivity contribution in [3.63, 3.8) is 0 Å². The summed E-state index contributed by atoms with van der Waals surface area (Å²) < 4.78 is 34.9. The summed E-state index contributed by atoms with van der Waals surface area (Å²) in [6, 6.07) is 0.405. The van der Waals surface area contributed by atoms with Crippen molar-refractivity contribution in [3.8, 4) is 0 Å². The van der Waals surface area contributed by atoms with Crippen LogP contribution in [0.3, 0.4) is 0 Å². The first-order valence-corrected chi connectivity index (χ1v) is 7.33. The average Bonchev–Trinajstić information content (AvgIpc) is 2.28. The first-order chi connectivity index (χ1) is 8.90. The maximum absolute atomic E-state index is 11.2. The van der Waals surface area contributed by atoms with Crippen LogP contribution in [0.5, 0.6) is 0 Å². The van der Waals surface area contributed by atoms with Crippen LogP contribution in [0.4, 0.5) is 0 Å². The van der Waals surface area contributed by atoms with Gasteiger partial charge < -0.3 is 9.64 Å². The van der Waals surface area contributed by atoms with E-state index < -0.39 is 10.4 Å². The highest BCUT2D eigenvalue weighted by Gasteiger charge is 2.14. The van der Waals surface area contributed by atoms with Gasteiger partial charge in [-0.1, -0.05) is 6.58 Å². The van der Waals surface area contributed by atoms with E-state index in [9.17, 15) is 13.2 Å². The summed E-state index contributed by atoms with van der Waals surface area (Å²) in [7, 11) is 0.732. The predicted molar refractivity (Wildman–Crippen MR) is 76.7 cm³/mol. The highest BCUT2D eigenvalue weighted by molar-refractivity contribution is 7.80. The van der Waals surface area contributed by atoms with Gasteiger partial charge in [0.25, 0.3) is 0 Å². The molecular formula is C12H25NO6S. The molecule has 0 saturated carbocycles. The van der Waals surface area contributed by atoms with E-state index in [0.717, 1.165) is 13.5 Å². The molecule has 0 heterocycles. The van der Waals surface area contributed by atoms with E-state index in [0.29, 0.717) is 11.6 Å². The molecule has 0 amide bonds. The SMILES string of the molecule is C=C(C)C(=O)OC(C)CC(C)N(C)C.COS(=O)(=O)O. The minimum atomic E-state index is -4.16. The Balaban J connectivity index is 0. The predicted octanol–water partition coefficient (Wildman–Crippen LogP) is 1.27. The van der Waals surface area contributed by atoms with Gasteiger partial charge in [0.2, 0.25) is 0 Å². The number of esters is 1. The van der Waals surface area contributed by atoms with Crippen LogP contribution >= 0.6 is 0 Å². The van der Waals surface area contributed by atoms with Gasteiger partial charge in [0.15, 0.2) is 0 Å². The van der Waals surface area contributed by atoms with Crippen LogP contribution in [-0.4, -0.2) is 57.2 Å². The van der Waals surface area contributed by atoms with Crippen molar-refractivity contribution in [3.05, 3.63) is 12.2 Å². The minimum absolute atomic E-state index is 0.0587. The van der Waals surface area contributed by atoms with Gasteiger partial charge in [-0.25, -0.2) is 4.79 Å². The summed E-state index contributed by atoms with van der Waals surface area (Å²) in [5, 5.41) is 0. The smallest absolute Gasteiger partial charge is 0.397 e. The summed E-state index contributed by atoms with van der Waals surface area (Å²) in [6.45, 7) is 9.20. The largest absolute Gasteiger partial charge is 0.459 e. The molecule has 0 fully saturated rings. The van der Waals surface area contributed by atoms with Crippen LogP contribution in [0.1, 0.15) is 27.2 Å². The molecule has 2 atom stereocenters. The van der Waals surface area contributed by atoms with Crippen molar-refractivity contribution in [1.82, 2.24) is 4.90 Å². The van der Waals surface area contributed by atoms with E-state index in [-0.39, 0.29) is 12.1 Å². The Labute approximate surface area is 121 Å². The van der Waals surface area contributed by atoms with Crippen LogP contribution in [0.25, 0.3) is 0 Å². The lowest BCUT2D eigenvalue weighted by Crippen LogP contribution is -2.30. The van der Waals surface area contributed by atoms with Gasteiger partial charge in [0, 0.05) is 11.6 Å². The van der Waals surface area contributed by atoms with Crippen LogP contribution in [-0.2, 0) is 24.1 Å². The first kappa shape index (κ1) is 21.3. The van der Waals surface area contributed by atoms with Gasteiger partial charge in [0.1, 0.15) is 6.10 Å². The Morgan fingerprint density at radius 1 is 1.35 bits per heavy atom. The van der Waals surface area contributed by atoms with Crippen LogP contribution < -0.4 is 0 Å². The van der Waals surface area contributed by atoms with E-state index in [4.69, 9.17) is 9.29 Å². The minimum Gasteiger partial charge on any atom is -0.459 e. The zero-order valence-electron chi connectivity index (χ0n) is 12.9. The summed E-state index contributed by atoms with van der Waals surface area (Å²) in [6.07, 6.45) is 0.781. The number of ether oxygens (including phenoxy) is 1. The van der Waals surface area contributed by atoms with Crippen molar-refractivity contribution in [2.24, 2.45) is 0 Å². The molecule has 0 rings (SSSR count). The van der Waals surface area contributed by atoms with Gasteiger partial charge in [-0.3, -0.25) is 8.74 Å². The Hall–Kier alpha value is -0.960. The molecule has 0 bridgehead atoms. The molecule has 0 aliphatic rings. The molecule has 8 heteroatoms. The third kappa shape index (κ3) is 13.5. The third-order valence-electron chi connectivity index (χ3n) is 2.42. The van der Waals surface area contributed by atoms with E-state index in [1.54, 1.807) is 6.92 Å². The quantitative estimate of drug-likeness (QED) is 0.448. The van der Waals surface area contributed by atoms with Crippen molar-refractivity contribution < 1.29 is 26.7 Å². The van der Waals surface area contributed by atoms with Gasteiger partial charge in [-0.15, -0.1) is 0 Å².